The molecule has 0 aliphatic rings. The molecule has 1 rings (SSSR count). The molecular formula is C21H37N3O3. The topological polar surface area (TPSA) is 75.1 Å². The van der Waals surface area contributed by atoms with E-state index in [1.165, 1.54) is 0 Å². The first kappa shape index (κ1) is 23.2. The van der Waals surface area contributed by atoms with E-state index in [9.17, 15) is 5.11 Å². The van der Waals surface area contributed by atoms with Crippen molar-refractivity contribution in [2.75, 3.05) is 40.0 Å². The Labute approximate surface area is 164 Å². The molecule has 1 aromatic carbocycles. The fourth-order valence-corrected chi connectivity index (χ4v) is 2.72. The van der Waals surface area contributed by atoms with Crippen LogP contribution in [0.4, 0.5) is 0 Å². The number of nitrogens with zero attached hydrogens (tertiary/aromatic N) is 1. The maximum Gasteiger partial charge on any atom is 0.191 e. The highest BCUT2D eigenvalue weighted by molar-refractivity contribution is 5.79. The summed E-state index contributed by atoms with van der Waals surface area (Å²) in [7, 11) is 1.66. The van der Waals surface area contributed by atoms with E-state index in [1.54, 1.807) is 7.11 Å². The van der Waals surface area contributed by atoms with E-state index in [-0.39, 0.29) is 12.0 Å². The summed E-state index contributed by atoms with van der Waals surface area (Å²) in [4.78, 5) is 4.71. The summed E-state index contributed by atoms with van der Waals surface area (Å²) in [5.41, 5.74) is 2.07. The molecule has 1 aromatic rings. The zero-order valence-electron chi connectivity index (χ0n) is 17.6. The van der Waals surface area contributed by atoms with Gasteiger partial charge in [-0.05, 0) is 38.3 Å². The standard InChI is InChI=1S/C21H37N3O3/c1-6-21(7-2,16-25)15-24-20(22-8-3)23-14-18-10-9-17(4)13-19(18)27-12-11-26-5/h9-10,13,25H,6-8,11-12,14-16H2,1-5H3,(H2,22,23,24). The molecule has 0 aliphatic heterocycles. The van der Waals surface area contributed by atoms with Gasteiger partial charge in [-0.2, -0.15) is 0 Å². The summed E-state index contributed by atoms with van der Waals surface area (Å²) in [6.07, 6.45) is 1.84. The zero-order valence-corrected chi connectivity index (χ0v) is 17.6. The lowest BCUT2D eigenvalue weighted by Gasteiger charge is -2.30. The molecule has 0 radical (unpaired) electrons. The van der Waals surface area contributed by atoms with Gasteiger partial charge in [-0.1, -0.05) is 26.0 Å². The smallest absolute Gasteiger partial charge is 0.191 e. The first-order valence-corrected chi connectivity index (χ1v) is 9.88. The summed E-state index contributed by atoms with van der Waals surface area (Å²) in [6, 6.07) is 6.16. The quantitative estimate of drug-likeness (QED) is 0.296. The van der Waals surface area contributed by atoms with Gasteiger partial charge >= 0.3 is 0 Å². The molecule has 0 heterocycles. The average molecular weight is 380 g/mol. The number of hydrogen-bond donors (Lipinski definition) is 3. The Morgan fingerprint density at radius 3 is 2.48 bits per heavy atom. The van der Waals surface area contributed by atoms with Crippen molar-refractivity contribution < 1.29 is 14.6 Å². The first-order chi connectivity index (χ1) is 13.0. The summed E-state index contributed by atoms with van der Waals surface area (Å²) < 4.78 is 10.9. The van der Waals surface area contributed by atoms with Gasteiger partial charge in [0, 0.05) is 31.2 Å². The van der Waals surface area contributed by atoms with E-state index in [0.29, 0.717) is 26.3 Å². The van der Waals surface area contributed by atoms with Crippen LogP contribution in [-0.2, 0) is 11.3 Å². The van der Waals surface area contributed by atoms with Gasteiger partial charge in [0.25, 0.3) is 0 Å². The Morgan fingerprint density at radius 1 is 1.15 bits per heavy atom. The van der Waals surface area contributed by atoms with Crippen molar-refractivity contribution in [2.24, 2.45) is 10.4 Å². The van der Waals surface area contributed by atoms with Crippen LogP contribution in [0.1, 0.15) is 44.7 Å². The van der Waals surface area contributed by atoms with Crippen LogP contribution in [0.15, 0.2) is 23.2 Å². The molecule has 0 unspecified atom stereocenters. The van der Waals surface area contributed by atoms with Crippen LogP contribution < -0.4 is 15.4 Å². The number of methoxy groups -OCH3 is 1. The van der Waals surface area contributed by atoms with Gasteiger partial charge < -0.3 is 25.2 Å². The van der Waals surface area contributed by atoms with Crippen LogP contribution in [0.5, 0.6) is 5.75 Å². The predicted octanol–water partition coefficient (Wildman–Crippen LogP) is 2.87. The highest BCUT2D eigenvalue weighted by atomic mass is 16.5. The van der Waals surface area contributed by atoms with Gasteiger partial charge in [0.05, 0.1) is 19.8 Å². The minimum Gasteiger partial charge on any atom is -0.491 e. The molecular weight excluding hydrogens is 342 g/mol. The van der Waals surface area contributed by atoms with Crippen molar-refractivity contribution in [3.8, 4) is 5.75 Å². The molecule has 0 saturated carbocycles. The number of nitrogens with one attached hydrogen (secondary N) is 2. The lowest BCUT2D eigenvalue weighted by atomic mass is 9.83. The molecule has 154 valence electrons. The molecule has 6 heteroatoms. The number of ether oxygens (including phenoxy) is 2. The van der Waals surface area contributed by atoms with E-state index in [1.807, 2.05) is 19.9 Å². The number of hydrogen-bond acceptors (Lipinski definition) is 4. The van der Waals surface area contributed by atoms with Crippen LogP contribution in [0.3, 0.4) is 0 Å². The van der Waals surface area contributed by atoms with Gasteiger partial charge in [0.2, 0.25) is 0 Å². The molecule has 0 aromatic heterocycles. The second-order valence-electron chi connectivity index (χ2n) is 6.87. The fraction of sp³-hybridized carbons (Fsp3) is 0.667. The van der Waals surface area contributed by atoms with Crippen LogP contribution in [0, 0.1) is 12.3 Å². The number of rotatable bonds is 12. The van der Waals surface area contributed by atoms with Crippen molar-refractivity contribution in [3.05, 3.63) is 29.3 Å². The molecule has 3 N–H and O–H groups in total. The summed E-state index contributed by atoms with van der Waals surface area (Å²) in [6.45, 7) is 11.5. The van der Waals surface area contributed by atoms with Gasteiger partial charge in [0.1, 0.15) is 12.4 Å². The van der Waals surface area contributed by atoms with Crippen LogP contribution in [0.25, 0.3) is 0 Å². The third kappa shape index (κ3) is 7.77. The van der Waals surface area contributed by atoms with Gasteiger partial charge in [-0.3, -0.25) is 0 Å². The molecule has 0 aliphatic carbocycles. The van der Waals surface area contributed by atoms with Gasteiger partial charge in [-0.25, -0.2) is 4.99 Å². The van der Waals surface area contributed by atoms with Crippen LogP contribution in [-0.4, -0.2) is 51.1 Å². The summed E-state index contributed by atoms with van der Waals surface area (Å²) >= 11 is 0. The highest BCUT2D eigenvalue weighted by Gasteiger charge is 2.25. The van der Waals surface area contributed by atoms with E-state index in [4.69, 9.17) is 14.5 Å². The maximum atomic E-state index is 9.77. The minimum atomic E-state index is -0.117. The second-order valence-corrected chi connectivity index (χ2v) is 6.87. The lowest BCUT2D eigenvalue weighted by molar-refractivity contribution is 0.118. The monoisotopic (exact) mass is 379 g/mol. The summed E-state index contributed by atoms with van der Waals surface area (Å²) in [5, 5.41) is 16.4. The molecule has 0 saturated heterocycles. The van der Waals surface area contributed by atoms with E-state index < -0.39 is 0 Å². The Morgan fingerprint density at radius 2 is 1.89 bits per heavy atom. The molecule has 27 heavy (non-hydrogen) atoms. The van der Waals surface area contributed by atoms with Gasteiger partial charge in [0.15, 0.2) is 5.96 Å². The molecule has 0 amide bonds. The Balaban J connectivity index is 2.85. The maximum absolute atomic E-state index is 9.77. The SMILES string of the molecule is CCNC(=NCc1ccc(C)cc1OCCOC)NCC(CC)(CC)CO. The van der Waals surface area contributed by atoms with Crippen LogP contribution >= 0.6 is 0 Å². The molecule has 0 bridgehead atoms. The third-order valence-electron chi connectivity index (χ3n) is 4.99. The third-order valence-corrected chi connectivity index (χ3v) is 4.99. The predicted molar refractivity (Wildman–Crippen MR) is 111 cm³/mol. The molecule has 6 nitrogen and oxygen atoms in total. The Bertz CT molecular complexity index is 564. The average Bonchev–Trinajstić information content (AvgIpc) is 2.68. The minimum absolute atomic E-state index is 0.117. The van der Waals surface area contributed by atoms with Crippen molar-refractivity contribution >= 4 is 5.96 Å². The Hall–Kier alpha value is -1.79. The van der Waals surface area contributed by atoms with E-state index >= 15 is 0 Å². The van der Waals surface area contributed by atoms with Crippen LogP contribution in [0.2, 0.25) is 0 Å². The highest BCUT2D eigenvalue weighted by Crippen LogP contribution is 2.24. The first-order valence-electron chi connectivity index (χ1n) is 9.88. The number of aliphatic hydroxyl groups is 1. The van der Waals surface area contributed by atoms with Crippen molar-refractivity contribution in [1.82, 2.24) is 10.6 Å². The summed E-state index contributed by atoms with van der Waals surface area (Å²) in [5.74, 6) is 1.60. The van der Waals surface area contributed by atoms with Gasteiger partial charge in [-0.15, -0.1) is 0 Å². The molecule has 0 atom stereocenters. The number of guanidine groups is 1. The normalized spacial score (nSPS) is 12.1. The molecule has 0 fully saturated rings. The fourth-order valence-electron chi connectivity index (χ4n) is 2.72. The number of aliphatic imine (C=N–C) groups is 1. The largest absolute Gasteiger partial charge is 0.491 e. The van der Waals surface area contributed by atoms with E-state index in [0.717, 1.165) is 42.2 Å². The zero-order chi connectivity index (χ0) is 20.1. The van der Waals surface area contributed by atoms with Crippen molar-refractivity contribution in [2.45, 2.75) is 47.1 Å². The Kier molecular flexibility index (Phi) is 10.8. The lowest BCUT2D eigenvalue weighted by Crippen LogP contribution is -2.44. The van der Waals surface area contributed by atoms with Crippen molar-refractivity contribution in [3.63, 3.8) is 0 Å². The number of aliphatic hydroxyl groups excluding tert-OH is 1. The number of aryl methyl sites for hydroxylation is 1. The second kappa shape index (κ2) is 12.6. The van der Waals surface area contributed by atoms with E-state index in [2.05, 4.69) is 36.6 Å². The number of benzene rings is 1. The molecule has 0 spiro atoms. The van der Waals surface area contributed by atoms with Crippen molar-refractivity contribution in [1.29, 1.82) is 0 Å².